The van der Waals surface area contributed by atoms with Crippen LogP contribution < -0.4 is 9.47 Å². The van der Waals surface area contributed by atoms with E-state index in [4.69, 9.17) is 9.47 Å². The van der Waals surface area contributed by atoms with Crippen molar-refractivity contribution in [2.45, 2.75) is 64.5 Å². The Hall–Kier alpha value is -4.19. The van der Waals surface area contributed by atoms with Gasteiger partial charge in [0.1, 0.15) is 12.4 Å². The highest BCUT2D eigenvalue weighted by molar-refractivity contribution is 6.06. The molecular formula is C35H34FNO4. The van der Waals surface area contributed by atoms with Gasteiger partial charge in [0.2, 0.25) is 0 Å². The average molecular weight is 552 g/mol. The molecule has 0 amide bonds. The molecule has 0 bridgehead atoms. The minimum atomic E-state index is -0.427. The second-order valence-corrected chi connectivity index (χ2v) is 10.8. The zero-order chi connectivity index (χ0) is 28.3. The Morgan fingerprint density at radius 2 is 1.44 bits per heavy atom. The van der Waals surface area contributed by atoms with Crippen LogP contribution in [0.1, 0.15) is 68.1 Å². The number of carbonyl (C=O) groups excluding carboxylic acids is 2. The molecule has 3 aromatic rings. The van der Waals surface area contributed by atoms with Crippen LogP contribution in [0.5, 0.6) is 11.5 Å². The summed E-state index contributed by atoms with van der Waals surface area (Å²) >= 11 is 0. The van der Waals surface area contributed by atoms with E-state index in [9.17, 15) is 14.0 Å². The number of ether oxygens (including phenoxy) is 2. The van der Waals surface area contributed by atoms with Gasteiger partial charge in [-0.15, -0.1) is 0 Å². The highest BCUT2D eigenvalue weighted by atomic mass is 19.1. The van der Waals surface area contributed by atoms with Gasteiger partial charge in [-0.3, -0.25) is 9.59 Å². The molecule has 0 N–H and O–H groups in total. The molecule has 6 rings (SSSR count). The number of carbonyl (C=O) groups is 2. The van der Waals surface area contributed by atoms with Gasteiger partial charge in [0.15, 0.2) is 23.1 Å². The predicted octanol–water partition coefficient (Wildman–Crippen LogP) is 7.42. The highest BCUT2D eigenvalue weighted by Crippen LogP contribution is 2.50. The molecule has 0 radical (unpaired) electrons. The SMILES string of the molecule is CCOc1cc(C2C3=C(CCCC3=O)N(Cc3ccccc3)C3=C2C(=O)CCC3)ccc1OCc1cccc(F)c1. The fourth-order valence-corrected chi connectivity index (χ4v) is 6.39. The summed E-state index contributed by atoms with van der Waals surface area (Å²) in [6, 6.07) is 22.3. The van der Waals surface area contributed by atoms with E-state index in [1.165, 1.54) is 12.1 Å². The monoisotopic (exact) mass is 551 g/mol. The lowest BCUT2D eigenvalue weighted by molar-refractivity contribution is -0.117. The molecule has 6 heteroatoms. The third-order valence-corrected chi connectivity index (χ3v) is 8.15. The molecule has 0 fully saturated rings. The standard InChI is InChI=1S/C35H34FNO4/c1-2-40-32-20-25(17-18-31(32)41-22-24-11-6-12-26(36)19-24)33-34-27(13-7-15-29(34)38)37(21-23-9-4-3-5-10-23)28-14-8-16-30(39)35(28)33/h3-6,9-12,17-20,33H,2,7-8,13-16,21-22H2,1H3. The third-order valence-electron chi connectivity index (χ3n) is 8.15. The summed E-state index contributed by atoms with van der Waals surface area (Å²) in [5.74, 6) is 0.572. The number of ketones is 2. The van der Waals surface area contributed by atoms with Crippen LogP contribution in [0.25, 0.3) is 0 Å². The normalized spacial score (nSPS) is 17.5. The molecule has 3 aliphatic rings. The molecule has 1 aliphatic heterocycles. The van der Waals surface area contributed by atoms with Crippen LogP contribution in [0, 0.1) is 5.82 Å². The summed E-state index contributed by atoms with van der Waals surface area (Å²) in [6.45, 7) is 3.16. The first kappa shape index (κ1) is 27.0. The zero-order valence-electron chi connectivity index (χ0n) is 23.3. The van der Waals surface area contributed by atoms with Crippen LogP contribution in [0.2, 0.25) is 0 Å². The van der Waals surface area contributed by atoms with E-state index in [1.807, 2.05) is 49.4 Å². The Labute approximate surface area is 240 Å². The first-order valence-corrected chi connectivity index (χ1v) is 14.5. The average Bonchev–Trinajstić information content (AvgIpc) is 2.98. The van der Waals surface area contributed by atoms with Crippen LogP contribution in [-0.2, 0) is 22.7 Å². The molecule has 0 aromatic heterocycles. The summed E-state index contributed by atoms with van der Waals surface area (Å²) in [4.78, 5) is 29.6. The van der Waals surface area contributed by atoms with Crippen molar-refractivity contribution < 1.29 is 23.5 Å². The maximum absolute atomic E-state index is 13.7. The second-order valence-electron chi connectivity index (χ2n) is 10.8. The summed E-state index contributed by atoms with van der Waals surface area (Å²) < 4.78 is 25.7. The molecule has 1 heterocycles. The Kier molecular flexibility index (Phi) is 7.73. The van der Waals surface area contributed by atoms with E-state index in [2.05, 4.69) is 17.0 Å². The van der Waals surface area contributed by atoms with E-state index in [1.54, 1.807) is 6.07 Å². The van der Waals surface area contributed by atoms with Crippen molar-refractivity contribution in [2.75, 3.05) is 6.61 Å². The third kappa shape index (κ3) is 5.43. The number of Topliss-reactive ketones (excluding diaryl/α,β-unsaturated/α-hetero) is 2. The van der Waals surface area contributed by atoms with Crippen LogP contribution in [-0.4, -0.2) is 23.1 Å². The van der Waals surface area contributed by atoms with Crippen LogP contribution in [0.15, 0.2) is 95.3 Å². The van der Waals surface area contributed by atoms with Crippen LogP contribution in [0.4, 0.5) is 4.39 Å². The lowest BCUT2D eigenvalue weighted by Gasteiger charge is -2.44. The first-order chi connectivity index (χ1) is 20.0. The Balaban J connectivity index is 1.42. The molecule has 0 unspecified atom stereocenters. The predicted molar refractivity (Wildman–Crippen MR) is 155 cm³/mol. The van der Waals surface area contributed by atoms with Crippen molar-refractivity contribution in [1.82, 2.24) is 4.90 Å². The van der Waals surface area contributed by atoms with E-state index in [0.29, 0.717) is 43.1 Å². The van der Waals surface area contributed by atoms with Crippen molar-refractivity contribution in [2.24, 2.45) is 0 Å². The number of allylic oxidation sites excluding steroid dienone is 4. The largest absolute Gasteiger partial charge is 0.490 e. The second kappa shape index (κ2) is 11.7. The van der Waals surface area contributed by atoms with Crippen LogP contribution >= 0.6 is 0 Å². The molecule has 3 aromatic carbocycles. The summed E-state index contributed by atoms with van der Waals surface area (Å²) in [5, 5.41) is 0. The molecule has 2 aliphatic carbocycles. The molecule has 210 valence electrons. The minimum absolute atomic E-state index is 0.114. The number of halogens is 1. The molecule has 41 heavy (non-hydrogen) atoms. The van der Waals surface area contributed by atoms with Crippen molar-refractivity contribution in [1.29, 1.82) is 0 Å². The highest BCUT2D eigenvalue weighted by Gasteiger charge is 2.43. The van der Waals surface area contributed by atoms with Crippen molar-refractivity contribution >= 4 is 11.6 Å². The molecule has 0 saturated carbocycles. The number of nitrogens with zero attached hydrogens (tertiary/aromatic N) is 1. The number of rotatable bonds is 8. The Morgan fingerprint density at radius 1 is 0.756 bits per heavy atom. The van der Waals surface area contributed by atoms with Crippen molar-refractivity contribution in [3.63, 3.8) is 0 Å². The minimum Gasteiger partial charge on any atom is -0.490 e. The van der Waals surface area contributed by atoms with Crippen LogP contribution in [0.3, 0.4) is 0 Å². The van der Waals surface area contributed by atoms with E-state index in [-0.39, 0.29) is 24.0 Å². The molecule has 0 spiro atoms. The quantitative estimate of drug-likeness (QED) is 0.292. The van der Waals surface area contributed by atoms with Crippen molar-refractivity contribution in [3.8, 4) is 11.5 Å². The van der Waals surface area contributed by atoms with Gasteiger partial charge in [0.05, 0.1) is 6.61 Å². The number of hydrogen-bond acceptors (Lipinski definition) is 5. The molecule has 0 atom stereocenters. The maximum atomic E-state index is 13.7. The number of hydrogen-bond donors (Lipinski definition) is 0. The van der Waals surface area contributed by atoms with Gasteiger partial charge in [-0.1, -0.05) is 48.5 Å². The lowest BCUT2D eigenvalue weighted by Crippen LogP contribution is -2.38. The van der Waals surface area contributed by atoms with Gasteiger partial charge >= 0.3 is 0 Å². The number of benzene rings is 3. The van der Waals surface area contributed by atoms with Gasteiger partial charge in [-0.2, -0.15) is 0 Å². The van der Waals surface area contributed by atoms with Gasteiger partial charge in [-0.05, 0) is 73.6 Å². The first-order valence-electron chi connectivity index (χ1n) is 14.5. The summed E-state index contributed by atoms with van der Waals surface area (Å²) in [7, 11) is 0. The summed E-state index contributed by atoms with van der Waals surface area (Å²) in [6.07, 6.45) is 4.20. The van der Waals surface area contributed by atoms with Gasteiger partial charge in [-0.25, -0.2) is 4.39 Å². The van der Waals surface area contributed by atoms with Gasteiger partial charge in [0.25, 0.3) is 0 Å². The summed E-state index contributed by atoms with van der Waals surface area (Å²) in [5.41, 5.74) is 6.32. The lowest BCUT2D eigenvalue weighted by atomic mass is 9.71. The van der Waals surface area contributed by atoms with E-state index >= 15 is 0 Å². The van der Waals surface area contributed by atoms with Gasteiger partial charge in [0, 0.05) is 47.8 Å². The fourth-order valence-electron chi connectivity index (χ4n) is 6.39. The fraction of sp³-hybridized carbons (Fsp3) is 0.314. The maximum Gasteiger partial charge on any atom is 0.161 e. The van der Waals surface area contributed by atoms with Gasteiger partial charge < -0.3 is 14.4 Å². The topological polar surface area (TPSA) is 55.8 Å². The van der Waals surface area contributed by atoms with E-state index < -0.39 is 5.92 Å². The smallest absolute Gasteiger partial charge is 0.161 e. The van der Waals surface area contributed by atoms with E-state index in [0.717, 1.165) is 59.4 Å². The Bertz CT molecular complexity index is 1500. The zero-order valence-corrected chi connectivity index (χ0v) is 23.3. The molecule has 5 nitrogen and oxygen atoms in total. The Morgan fingerprint density at radius 3 is 2.10 bits per heavy atom. The molecular weight excluding hydrogens is 517 g/mol. The van der Waals surface area contributed by atoms with Crippen molar-refractivity contribution in [3.05, 3.63) is 118 Å². The molecule has 0 saturated heterocycles.